The van der Waals surface area contributed by atoms with Gasteiger partial charge in [0.25, 0.3) is 5.24 Å². The molecule has 0 bridgehead atoms. The molecule has 0 N–H and O–H groups in total. The molecule has 2 aliphatic heterocycles. The summed E-state index contributed by atoms with van der Waals surface area (Å²) in [6.45, 7) is 4.73. The first-order chi connectivity index (χ1) is 12.7. The third kappa shape index (κ3) is 4.20. The molecule has 142 valence electrons. The van der Waals surface area contributed by atoms with Gasteiger partial charge in [-0.3, -0.25) is 4.79 Å². The van der Waals surface area contributed by atoms with Gasteiger partial charge in [0.2, 0.25) is 0 Å². The summed E-state index contributed by atoms with van der Waals surface area (Å²) < 4.78 is 0. The van der Waals surface area contributed by atoms with Crippen molar-refractivity contribution in [3.8, 4) is 0 Å². The molecule has 1 saturated carbocycles. The Morgan fingerprint density at radius 1 is 0.962 bits per heavy atom. The zero-order valence-corrected chi connectivity index (χ0v) is 16.2. The first-order valence-corrected chi connectivity index (χ1v) is 10.6. The van der Waals surface area contributed by atoms with Gasteiger partial charge in [0, 0.05) is 19.1 Å². The van der Waals surface area contributed by atoms with Crippen LogP contribution >= 0.6 is 11.6 Å². The fourth-order valence-corrected chi connectivity index (χ4v) is 4.86. The SMILES string of the molecule is O=C(Cl)c1cnc(N2CCC(CC3CCN(C4CCC4)CC3)CC2)cn1. The standard InChI is InChI=1S/C20H29ClN4O/c21-20(26)18-13-23-19(14-22-18)25-10-6-16(7-11-25)12-15-4-8-24(9-5-15)17-2-1-3-17/h13-17H,1-12H2. The van der Waals surface area contributed by atoms with Crippen molar-refractivity contribution in [2.24, 2.45) is 11.8 Å². The molecular formula is C20H29ClN4O. The lowest BCUT2D eigenvalue weighted by atomic mass is 9.81. The largest absolute Gasteiger partial charge is 0.355 e. The van der Waals surface area contributed by atoms with Gasteiger partial charge >= 0.3 is 0 Å². The minimum Gasteiger partial charge on any atom is -0.355 e. The van der Waals surface area contributed by atoms with Crippen LogP contribution in [-0.4, -0.2) is 52.3 Å². The van der Waals surface area contributed by atoms with E-state index in [1.807, 2.05) is 0 Å². The summed E-state index contributed by atoms with van der Waals surface area (Å²) in [6, 6.07) is 0.917. The van der Waals surface area contributed by atoms with Gasteiger partial charge in [-0.1, -0.05) is 6.42 Å². The number of hydrogen-bond donors (Lipinski definition) is 0. The van der Waals surface area contributed by atoms with Crippen molar-refractivity contribution in [1.29, 1.82) is 0 Å². The van der Waals surface area contributed by atoms with E-state index in [-0.39, 0.29) is 5.69 Å². The predicted molar refractivity (Wildman–Crippen MR) is 104 cm³/mol. The van der Waals surface area contributed by atoms with E-state index >= 15 is 0 Å². The number of piperidine rings is 2. The van der Waals surface area contributed by atoms with Gasteiger partial charge < -0.3 is 9.80 Å². The molecule has 5 nitrogen and oxygen atoms in total. The molecule has 3 aliphatic rings. The average molecular weight is 377 g/mol. The highest BCUT2D eigenvalue weighted by atomic mass is 35.5. The van der Waals surface area contributed by atoms with E-state index in [9.17, 15) is 4.79 Å². The lowest BCUT2D eigenvalue weighted by Crippen LogP contribution is -2.45. The van der Waals surface area contributed by atoms with E-state index in [0.29, 0.717) is 0 Å². The van der Waals surface area contributed by atoms with E-state index in [1.54, 1.807) is 6.20 Å². The van der Waals surface area contributed by atoms with Crippen molar-refractivity contribution < 1.29 is 4.79 Å². The normalized spacial score (nSPS) is 23.8. The Kier molecular flexibility index (Phi) is 5.75. The summed E-state index contributed by atoms with van der Waals surface area (Å²) in [7, 11) is 0. The number of anilines is 1. The Morgan fingerprint density at radius 3 is 2.12 bits per heavy atom. The third-order valence-electron chi connectivity index (χ3n) is 6.68. The highest BCUT2D eigenvalue weighted by Gasteiger charge is 2.30. The summed E-state index contributed by atoms with van der Waals surface area (Å²) in [6.07, 6.45) is 14.1. The molecule has 0 radical (unpaired) electrons. The molecule has 1 aromatic rings. The fourth-order valence-electron chi connectivity index (χ4n) is 4.76. The van der Waals surface area contributed by atoms with Crippen molar-refractivity contribution in [1.82, 2.24) is 14.9 Å². The lowest BCUT2D eigenvalue weighted by molar-refractivity contribution is 0.0772. The van der Waals surface area contributed by atoms with Crippen LogP contribution in [0.15, 0.2) is 12.4 Å². The van der Waals surface area contributed by atoms with E-state index < -0.39 is 5.24 Å². The monoisotopic (exact) mass is 376 g/mol. The van der Waals surface area contributed by atoms with Gasteiger partial charge in [0.05, 0.1) is 12.4 Å². The summed E-state index contributed by atoms with van der Waals surface area (Å²) in [5.74, 6) is 2.64. The zero-order chi connectivity index (χ0) is 17.9. The van der Waals surface area contributed by atoms with Gasteiger partial charge in [0.15, 0.2) is 0 Å². The second-order valence-electron chi connectivity index (χ2n) is 8.26. The van der Waals surface area contributed by atoms with Crippen molar-refractivity contribution >= 4 is 22.7 Å². The molecule has 2 saturated heterocycles. The van der Waals surface area contributed by atoms with Crippen LogP contribution in [-0.2, 0) is 0 Å². The van der Waals surface area contributed by atoms with Crippen LogP contribution in [0.3, 0.4) is 0 Å². The second-order valence-corrected chi connectivity index (χ2v) is 8.61. The van der Waals surface area contributed by atoms with Crippen LogP contribution < -0.4 is 4.90 Å². The number of halogens is 1. The molecule has 4 rings (SSSR count). The molecule has 3 fully saturated rings. The zero-order valence-electron chi connectivity index (χ0n) is 15.4. The second kappa shape index (κ2) is 8.22. The van der Waals surface area contributed by atoms with Gasteiger partial charge in [0.1, 0.15) is 11.5 Å². The average Bonchev–Trinajstić information content (AvgIpc) is 2.63. The van der Waals surface area contributed by atoms with E-state index in [4.69, 9.17) is 11.6 Å². The minimum atomic E-state index is -0.550. The lowest BCUT2D eigenvalue weighted by Gasteiger charge is -2.42. The van der Waals surface area contributed by atoms with Gasteiger partial charge in [-0.2, -0.15) is 0 Å². The van der Waals surface area contributed by atoms with Crippen molar-refractivity contribution in [2.45, 2.75) is 57.4 Å². The van der Waals surface area contributed by atoms with E-state index in [0.717, 1.165) is 36.8 Å². The topological polar surface area (TPSA) is 49.3 Å². The molecular weight excluding hydrogens is 348 g/mol. The van der Waals surface area contributed by atoms with Crippen LogP contribution in [0.5, 0.6) is 0 Å². The van der Waals surface area contributed by atoms with E-state index in [1.165, 1.54) is 70.7 Å². The molecule has 3 heterocycles. The van der Waals surface area contributed by atoms with Crippen molar-refractivity contribution in [3.05, 3.63) is 18.1 Å². The van der Waals surface area contributed by atoms with Crippen LogP contribution in [0.25, 0.3) is 0 Å². The van der Waals surface area contributed by atoms with Crippen molar-refractivity contribution in [3.63, 3.8) is 0 Å². The highest BCUT2D eigenvalue weighted by Crippen LogP contribution is 2.33. The number of nitrogens with zero attached hydrogens (tertiary/aromatic N) is 4. The third-order valence-corrected chi connectivity index (χ3v) is 6.88. The molecule has 0 unspecified atom stereocenters. The van der Waals surface area contributed by atoms with Crippen molar-refractivity contribution in [2.75, 3.05) is 31.1 Å². The molecule has 0 aromatic carbocycles. The molecule has 0 atom stereocenters. The molecule has 1 aliphatic carbocycles. The van der Waals surface area contributed by atoms with Gasteiger partial charge in [-0.25, -0.2) is 9.97 Å². The van der Waals surface area contributed by atoms with Crippen LogP contribution in [0, 0.1) is 11.8 Å². The molecule has 1 aromatic heterocycles. The maximum Gasteiger partial charge on any atom is 0.272 e. The number of likely N-dealkylation sites (tertiary alicyclic amines) is 1. The Hall–Kier alpha value is -1.20. The Labute approximate surface area is 161 Å². The van der Waals surface area contributed by atoms with Gasteiger partial charge in [-0.15, -0.1) is 0 Å². The number of aromatic nitrogens is 2. The predicted octanol–water partition coefficient (Wildman–Crippen LogP) is 3.73. The Balaban J connectivity index is 1.21. The quantitative estimate of drug-likeness (QED) is 0.733. The van der Waals surface area contributed by atoms with Crippen LogP contribution in [0.2, 0.25) is 0 Å². The van der Waals surface area contributed by atoms with E-state index in [2.05, 4.69) is 19.8 Å². The molecule has 0 amide bonds. The molecule has 0 spiro atoms. The number of carbonyl (C=O) groups excluding carboxylic acids is 1. The van der Waals surface area contributed by atoms with Crippen LogP contribution in [0.4, 0.5) is 5.82 Å². The fraction of sp³-hybridized carbons (Fsp3) is 0.750. The Morgan fingerprint density at radius 2 is 1.62 bits per heavy atom. The summed E-state index contributed by atoms with van der Waals surface area (Å²) >= 11 is 5.43. The first kappa shape index (κ1) is 18.2. The summed E-state index contributed by atoms with van der Waals surface area (Å²) in [5.41, 5.74) is 0.221. The number of rotatable bonds is 5. The first-order valence-electron chi connectivity index (χ1n) is 10.2. The number of carbonyl (C=O) groups is 1. The van der Waals surface area contributed by atoms with Gasteiger partial charge in [-0.05, 0) is 81.5 Å². The maximum absolute atomic E-state index is 11.1. The highest BCUT2D eigenvalue weighted by molar-refractivity contribution is 6.67. The summed E-state index contributed by atoms with van der Waals surface area (Å²) in [4.78, 5) is 24.6. The maximum atomic E-state index is 11.1. The number of hydrogen-bond acceptors (Lipinski definition) is 5. The smallest absolute Gasteiger partial charge is 0.272 e. The Bertz CT molecular complexity index is 603. The molecule has 6 heteroatoms. The van der Waals surface area contributed by atoms with Crippen LogP contribution in [0.1, 0.15) is 61.9 Å². The molecule has 26 heavy (non-hydrogen) atoms. The summed E-state index contributed by atoms with van der Waals surface area (Å²) in [5, 5.41) is -0.550. The minimum absolute atomic E-state index is 0.221.